The molecule has 1 saturated heterocycles. The van der Waals surface area contributed by atoms with Gasteiger partial charge in [0.2, 0.25) is 0 Å². The summed E-state index contributed by atoms with van der Waals surface area (Å²) in [6.07, 6.45) is 4.21. The van der Waals surface area contributed by atoms with Gasteiger partial charge in [-0.25, -0.2) is 13.8 Å². The number of aliphatic hydroxyl groups is 1. The van der Waals surface area contributed by atoms with E-state index in [9.17, 15) is 18.7 Å². The van der Waals surface area contributed by atoms with Crippen molar-refractivity contribution >= 4 is 33.6 Å². The van der Waals surface area contributed by atoms with Crippen LogP contribution in [0, 0.1) is 11.6 Å². The summed E-state index contributed by atoms with van der Waals surface area (Å²) in [5.74, 6) is -2.18. The van der Waals surface area contributed by atoms with Gasteiger partial charge in [0.1, 0.15) is 21.6 Å². The molecule has 0 aliphatic carbocycles. The van der Waals surface area contributed by atoms with E-state index in [0.29, 0.717) is 17.9 Å². The Balaban J connectivity index is 1.61. The summed E-state index contributed by atoms with van der Waals surface area (Å²) in [6.45, 7) is 1.18. The average Bonchev–Trinajstić information content (AvgIpc) is 3.09. The number of benzene rings is 1. The first kappa shape index (κ1) is 20.2. The minimum absolute atomic E-state index is 0.0150. The predicted molar refractivity (Wildman–Crippen MR) is 112 cm³/mol. The van der Waals surface area contributed by atoms with Crippen molar-refractivity contribution in [3.05, 3.63) is 54.0 Å². The summed E-state index contributed by atoms with van der Waals surface area (Å²) in [4.78, 5) is 22.9. The van der Waals surface area contributed by atoms with Gasteiger partial charge in [-0.15, -0.1) is 0 Å². The van der Waals surface area contributed by atoms with E-state index in [1.54, 1.807) is 12.3 Å². The minimum Gasteiger partial charge on any atom is -0.391 e. The van der Waals surface area contributed by atoms with Crippen molar-refractivity contribution in [2.24, 2.45) is 0 Å². The van der Waals surface area contributed by atoms with E-state index < -0.39 is 23.6 Å². The third-order valence-electron chi connectivity index (χ3n) is 4.83. The first-order valence-electron chi connectivity index (χ1n) is 9.33. The molecule has 0 radical (unpaired) electrons. The van der Waals surface area contributed by atoms with Crippen LogP contribution in [0.3, 0.4) is 0 Å². The number of carbonyl (C=O) groups is 1. The van der Waals surface area contributed by atoms with Crippen LogP contribution >= 0.6 is 11.3 Å². The largest absolute Gasteiger partial charge is 0.391 e. The molecule has 1 fully saturated rings. The van der Waals surface area contributed by atoms with Gasteiger partial charge in [-0.3, -0.25) is 9.78 Å². The van der Waals surface area contributed by atoms with Crippen molar-refractivity contribution in [2.45, 2.75) is 18.9 Å². The number of nitrogens with zero attached hydrogens (tertiary/aromatic N) is 3. The summed E-state index contributed by atoms with van der Waals surface area (Å²) >= 11 is 0.834. The molecule has 1 atom stereocenters. The second-order valence-corrected chi connectivity index (χ2v) is 7.95. The molecule has 30 heavy (non-hydrogen) atoms. The number of aromatic nitrogens is 2. The van der Waals surface area contributed by atoms with Crippen LogP contribution in [-0.4, -0.2) is 40.2 Å². The molecule has 10 heteroatoms. The lowest BCUT2D eigenvalue weighted by atomic mass is 10.1. The quantitative estimate of drug-likeness (QED) is 0.586. The van der Waals surface area contributed by atoms with Crippen LogP contribution in [0.5, 0.6) is 0 Å². The molecule has 1 aliphatic rings. The molecule has 0 saturated carbocycles. The number of thiazole rings is 1. The monoisotopic (exact) mass is 431 g/mol. The third-order valence-corrected chi connectivity index (χ3v) is 5.73. The lowest BCUT2D eigenvalue weighted by molar-refractivity contribution is 0.102. The summed E-state index contributed by atoms with van der Waals surface area (Å²) in [5.41, 5.74) is 6.63. The van der Waals surface area contributed by atoms with Crippen LogP contribution in [0.4, 0.5) is 25.2 Å². The molecule has 7 nitrogen and oxygen atoms in total. The molecular weight excluding hydrogens is 412 g/mol. The summed E-state index contributed by atoms with van der Waals surface area (Å²) < 4.78 is 28.1. The minimum atomic E-state index is -0.783. The van der Waals surface area contributed by atoms with Gasteiger partial charge >= 0.3 is 0 Å². The predicted octanol–water partition coefficient (Wildman–Crippen LogP) is 3.28. The molecule has 4 rings (SSSR count). The van der Waals surface area contributed by atoms with Crippen LogP contribution in [0.15, 0.2) is 36.7 Å². The number of hydrogen-bond donors (Lipinski definition) is 3. The van der Waals surface area contributed by atoms with Gasteiger partial charge in [-0.1, -0.05) is 17.4 Å². The molecule has 1 aliphatic heterocycles. The zero-order chi connectivity index (χ0) is 21.3. The number of halogens is 2. The van der Waals surface area contributed by atoms with E-state index in [2.05, 4.69) is 15.3 Å². The van der Waals surface area contributed by atoms with Gasteiger partial charge in [0.15, 0.2) is 5.69 Å². The van der Waals surface area contributed by atoms with Crippen molar-refractivity contribution in [1.82, 2.24) is 9.97 Å². The van der Waals surface area contributed by atoms with Crippen LogP contribution in [-0.2, 0) is 0 Å². The van der Waals surface area contributed by atoms with Crippen molar-refractivity contribution in [3.8, 4) is 10.6 Å². The van der Waals surface area contributed by atoms with Gasteiger partial charge in [0.25, 0.3) is 5.91 Å². The molecule has 1 aromatic carbocycles. The highest BCUT2D eigenvalue weighted by atomic mass is 32.1. The van der Waals surface area contributed by atoms with Crippen molar-refractivity contribution in [2.75, 3.05) is 29.0 Å². The first-order valence-corrected chi connectivity index (χ1v) is 10.1. The number of pyridine rings is 1. The second-order valence-electron chi connectivity index (χ2n) is 6.92. The molecule has 2 aromatic heterocycles. The Morgan fingerprint density at radius 2 is 2.07 bits per heavy atom. The standard InChI is InChI=1S/C20H19F2N5O2S/c21-12-4-1-5-13(22)16(12)20-26-17(18(23)30-20)19(29)25-14-9-24-7-6-15(14)27-8-2-3-11(28)10-27/h1,4-7,9,11,28H,2-3,8,10,23H2,(H,25,29)/t11-/m0/s1. The van der Waals surface area contributed by atoms with E-state index in [1.165, 1.54) is 12.3 Å². The molecule has 0 bridgehead atoms. The number of anilines is 3. The molecule has 3 heterocycles. The Labute approximate surface area is 175 Å². The number of nitrogen functional groups attached to an aromatic ring is 1. The van der Waals surface area contributed by atoms with Crippen LogP contribution in [0.25, 0.3) is 10.6 Å². The fraction of sp³-hybridized carbons (Fsp3) is 0.250. The lowest BCUT2D eigenvalue weighted by Crippen LogP contribution is -2.38. The fourth-order valence-electron chi connectivity index (χ4n) is 3.42. The van der Waals surface area contributed by atoms with Gasteiger partial charge in [-0.2, -0.15) is 0 Å². The summed E-state index contributed by atoms with van der Waals surface area (Å²) in [6, 6.07) is 5.23. The van der Waals surface area contributed by atoms with Crippen LogP contribution < -0.4 is 16.0 Å². The highest BCUT2D eigenvalue weighted by Crippen LogP contribution is 2.34. The molecule has 156 valence electrons. The van der Waals surface area contributed by atoms with Gasteiger partial charge in [-0.05, 0) is 31.0 Å². The van der Waals surface area contributed by atoms with E-state index in [-0.39, 0.29) is 21.3 Å². The molecule has 4 N–H and O–H groups in total. The van der Waals surface area contributed by atoms with E-state index in [1.807, 2.05) is 4.90 Å². The highest BCUT2D eigenvalue weighted by molar-refractivity contribution is 7.19. The Hall–Kier alpha value is -3.11. The van der Waals surface area contributed by atoms with E-state index in [0.717, 1.165) is 42.9 Å². The molecule has 0 spiro atoms. The van der Waals surface area contributed by atoms with Gasteiger partial charge in [0, 0.05) is 19.3 Å². The van der Waals surface area contributed by atoms with Gasteiger partial charge in [0.05, 0.1) is 29.2 Å². The highest BCUT2D eigenvalue weighted by Gasteiger charge is 2.24. The SMILES string of the molecule is Nc1sc(-c2c(F)cccc2F)nc1C(=O)Nc1cnccc1N1CCC[C@H](O)C1. The lowest BCUT2D eigenvalue weighted by Gasteiger charge is -2.33. The zero-order valence-electron chi connectivity index (χ0n) is 15.8. The number of β-amino-alcohol motifs (C(OH)–C–C–N with tert-alkyl or cyclic N) is 1. The number of amides is 1. The number of piperidine rings is 1. The summed E-state index contributed by atoms with van der Waals surface area (Å²) in [5, 5.41) is 12.7. The topological polar surface area (TPSA) is 104 Å². The maximum atomic E-state index is 14.1. The van der Waals surface area contributed by atoms with E-state index in [4.69, 9.17) is 5.73 Å². The second kappa shape index (κ2) is 8.33. The normalized spacial score (nSPS) is 16.5. The average molecular weight is 431 g/mol. The maximum Gasteiger partial charge on any atom is 0.277 e. The van der Waals surface area contributed by atoms with Crippen LogP contribution in [0.2, 0.25) is 0 Å². The van der Waals surface area contributed by atoms with Crippen LogP contribution in [0.1, 0.15) is 23.3 Å². The molecule has 0 unspecified atom stereocenters. The Kier molecular flexibility index (Phi) is 5.60. The molecule has 3 aromatic rings. The fourth-order valence-corrected chi connectivity index (χ4v) is 4.30. The number of rotatable bonds is 4. The Morgan fingerprint density at radius 3 is 2.80 bits per heavy atom. The van der Waals surface area contributed by atoms with Crippen molar-refractivity contribution < 1.29 is 18.7 Å². The maximum absolute atomic E-state index is 14.1. The molecular formula is C20H19F2N5O2S. The number of hydrogen-bond acceptors (Lipinski definition) is 7. The number of nitrogens with one attached hydrogen (secondary N) is 1. The number of nitrogens with two attached hydrogens (primary N) is 1. The number of carbonyl (C=O) groups excluding carboxylic acids is 1. The van der Waals surface area contributed by atoms with Gasteiger partial charge < -0.3 is 21.1 Å². The first-order chi connectivity index (χ1) is 14.4. The zero-order valence-corrected chi connectivity index (χ0v) is 16.6. The Morgan fingerprint density at radius 1 is 1.30 bits per heavy atom. The third kappa shape index (κ3) is 3.96. The van der Waals surface area contributed by atoms with Crippen molar-refractivity contribution in [3.63, 3.8) is 0 Å². The summed E-state index contributed by atoms with van der Waals surface area (Å²) in [7, 11) is 0. The smallest absolute Gasteiger partial charge is 0.277 e. The van der Waals surface area contributed by atoms with E-state index >= 15 is 0 Å². The Bertz CT molecular complexity index is 1070. The van der Waals surface area contributed by atoms with Crippen molar-refractivity contribution in [1.29, 1.82) is 0 Å². The number of aliphatic hydroxyl groups excluding tert-OH is 1. The molecule has 1 amide bonds.